The molecule has 1 fully saturated rings. The molecule has 0 spiro atoms. The number of nitrogens with zero attached hydrogens (tertiary/aromatic N) is 2. The van der Waals surface area contributed by atoms with E-state index in [4.69, 9.17) is 0 Å². The summed E-state index contributed by atoms with van der Waals surface area (Å²) in [5.74, 6) is -0.383. The molecule has 0 aromatic heterocycles. The Balaban J connectivity index is 1.61. The average molecular weight is 302 g/mol. The second-order valence-electron chi connectivity index (χ2n) is 5.72. The normalized spacial score (nSPS) is 16.5. The second-order valence-corrected chi connectivity index (χ2v) is 5.72. The van der Waals surface area contributed by atoms with Gasteiger partial charge in [0.1, 0.15) is 11.6 Å². The molecule has 1 saturated heterocycles. The first-order valence-corrected chi connectivity index (χ1v) is 7.68. The lowest BCUT2D eigenvalue weighted by Gasteiger charge is -2.23. The fourth-order valence-corrected chi connectivity index (χ4v) is 2.93. The van der Waals surface area contributed by atoms with Crippen molar-refractivity contribution in [3.63, 3.8) is 0 Å². The van der Waals surface area contributed by atoms with Gasteiger partial charge in [0.05, 0.1) is 0 Å². The van der Waals surface area contributed by atoms with Crippen LogP contribution < -0.4 is 4.90 Å². The van der Waals surface area contributed by atoms with Crippen LogP contribution in [-0.2, 0) is 6.54 Å². The molecule has 0 amide bonds. The van der Waals surface area contributed by atoms with Gasteiger partial charge in [0.15, 0.2) is 0 Å². The van der Waals surface area contributed by atoms with Crippen LogP contribution in [0.2, 0.25) is 0 Å². The lowest BCUT2D eigenvalue weighted by Crippen LogP contribution is -2.30. The van der Waals surface area contributed by atoms with Crippen molar-refractivity contribution < 1.29 is 8.78 Å². The summed E-state index contributed by atoms with van der Waals surface area (Å²) >= 11 is 0. The summed E-state index contributed by atoms with van der Waals surface area (Å²) in [6.45, 7) is 4.56. The molecule has 2 aromatic carbocycles. The highest BCUT2D eigenvalue weighted by Gasteiger charge is 2.15. The molecule has 0 radical (unpaired) electrons. The van der Waals surface area contributed by atoms with Gasteiger partial charge in [-0.1, -0.05) is 12.1 Å². The van der Waals surface area contributed by atoms with E-state index in [1.54, 1.807) is 12.1 Å². The lowest BCUT2D eigenvalue weighted by atomic mass is 10.2. The molecule has 4 heteroatoms. The Kier molecular flexibility index (Phi) is 4.68. The van der Waals surface area contributed by atoms with Crippen molar-refractivity contribution in [2.45, 2.75) is 13.0 Å². The molecule has 2 nitrogen and oxygen atoms in total. The predicted molar refractivity (Wildman–Crippen MR) is 84.9 cm³/mol. The van der Waals surface area contributed by atoms with Gasteiger partial charge in [-0.2, -0.15) is 0 Å². The first-order chi connectivity index (χ1) is 10.7. The molecule has 0 bridgehead atoms. The fraction of sp³-hybridized carbons (Fsp3) is 0.333. The Morgan fingerprint density at radius 1 is 0.818 bits per heavy atom. The smallest absolute Gasteiger partial charge is 0.123 e. The molecule has 22 heavy (non-hydrogen) atoms. The molecule has 116 valence electrons. The van der Waals surface area contributed by atoms with Gasteiger partial charge in [0.2, 0.25) is 0 Å². The number of hydrogen-bond donors (Lipinski definition) is 0. The molecule has 1 heterocycles. The van der Waals surface area contributed by atoms with Crippen molar-refractivity contribution in [2.75, 3.05) is 31.1 Å². The van der Waals surface area contributed by atoms with Gasteiger partial charge in [0.25, 0.3) is 0 Å². The second kappa shape index (κ2) is 6.88. The maximum atomic E-state index is 13.3. The van der Waals surface area contributed by atoms with Gasteiger partial charge >= 0.3 is 0 Å². The number of rotatable bonds is 3. The summed E-state index contributed by atoms with van der Waals surface area (Å²) in [5.41, 5.74) is 2.07. The number of hydrogen-bond acceptors (Lipinski definition) is 2. The highest BCUT2D eigenvalue weighted by molar-refractivity contribution is 5.46. The van der Waals surface area contributed by atoms with Crippen LogP contribution in [0.1, 0.15) is 12.0 Å². The summed E-state index contributed by atoms with van der Waals surface area (Å²) in [5, 5.41) is 0. The van der Waals surface area contributed by atoms with E-state index in [9.17, 15) is 8.78 Å². The molecular formula is C18H20F2N2. The summed E-state index contributed by atoms with van der Waals surface area (Å²) < 4.78 is 26.3. The summed E-state index contributed by atoms with van der Waals surface area (Å²) in [7, 11) is 0. The molecule has 1 aliphatic heterocycles. The SMILES string of the molecule is Fc1ccc(N2CCCN(Cc3cccc(F)c3)CC2)cc1. The Labute approximate surface area is 130 Å². The van der Waals surface area contributed by atoms with Gasteiger partial charge in [-0.3, -0.25) is 4.90 Å². The molecule has 1 aliphatic rings. The molecule has 0 N–H and O–H groups in total. The number of anilines is 1. The van der Waals surface area contributed by atoms with E-state index in [1.165, 1.54) is 18.2 Å². The van der Waals surface area contributed by atoms with Crippen molar-refractivity contribution in [1.29, 1.82) is 0 Å². The maximum Gasteiger partial charge on any atom is 0.123 e. The van der Waals surface area contributed by atoms with Crippen LogP contribution in [0.5, 0.6) is 0 Å². The third-order valence-electron chi connectivity index (χ3n) is 4.08. The molecule has 3 rings (SSSR count). The summed E-state index contributed by atoms with van der Waals surface area (Å²) in [6.07, 6.45) is 1.05. The minimum Gasteiger partial charge on any atom is -0.370 e. The van der Waals surface area contributed by atoms with Crippen LogP contribution in [0.4, 0.5) is 14.5 Å². The monoisotopic (exact) mass is 302 g/mol. The van der Waals surface area contributed by atoms with Crippen LogP contribution in [0.25, 0.3) is 0 Å². The maximum absolute atomic E-state index is 13.3. The van der Waals surface area contributed by atoms with Crippen molar-refractivity contribution in [2.24, 2.45) is 0 Å². The van der Waals surface area contributed by atoms with Crippen LogP contribution in [0.15, 0.2) is 48.5 Å². The van der Waals surface area contributed by atoms with Gasteiger partial charge < -0.3 is 4.90 Å². The zero-order valence-electron chi connectivity index (χ0n) is 12.5. The van der Waals surface area contributed by atoms with Gasteiger partial charge in [-0.25, -0.2) is 8.78 Å². The Morgan fingerprint density at radius 2 is 1.64 bits per heavy atom. The van der Waals surface area contributed by atoms with E-state index in [0.717, 1.165) is 50.4 Å². The third-order valence-corrected chi connectivity index (χ3v) is 4.08. The summed E-state index contributed by atoms with van der Waals surface area (Å²) in [4.78, 5) is 4.63. The van der Waals surface area contributed by atoms with E-state index < -0.39 is 0 Å². The van der Waals surface area contributed by atoms with Crippen molar-refractivity contribution in [1.82, 2.24) is 4.90 Å². The minimum absolute atomic E-state index is 0.180. The van der Waals surface area contributed by atoms with E-state index in [1.807, 2.05) is 18.2 Å². The van der Waals surface area contributed by atoms with Crippen LogP contribution in [0.3, 0.4) is 0 Å². The summed E-state index contributed by atoms with van der Waals surface area (Å²) in [6, 6.07) is 13.5. The molecule has 0 aliphatic carbocycles. The highest BCUT2D eigenvalue weighted by atomic mass is 19.1. The number of benzene rings is 2. The number of halogens is 2. The molecule has 0 unspecified atom stereocenters. The topological polar surface area (TPSA) is 6.48 Å². The van der Waals surface area contributed by atoms with Crippen LogP contribution in [0, 0.1) is 11.6 Å². The first kappa shape index (κ1) is 15.0. The van der Waals surface area contributed by atoms with Gasteiger partial charge in [-0.15, -0.1) is 0 Å². The fourth-order valence-electron chi connectivity index (χ4n) is 2.93. The van der Waals surface area contributed by atoms with E-state index >= 15 is 0 Å². The largest absolute Gasteiger partial charge is 0.370 e. The Hall–Kier alpha value is -1.94. The van der Waals surface area contributed by atoms with E-state index in [0.29, 0.717) is 0 Å². The van der Waals surface area contributed by atoms with Crippen molar-refractivity contribution in [3.8, 4) is 0 Å². The van der Waals surface area contributed by atoms with Crippen LogP contribution >= 0.6 is 0 Å². The predicted octanol–water partition coefficient (Wildman–Crippen LogP) is 3.68. The molecular weight excluding hydrogens is 282 g/mol. The molecule has 0 saturated carbocycles. The van der Waals surface area contributed by atoms with E-state index in [2.05, 4.69) is 9.80 Å². The molecule has 2 aromatic rings. The third kappa shape index (κ3) is 3.83. The van der Waals surface area contributed by atoms with E-state index in [-0.39, 0.29) is 11.6 Å². The molecule has 0 atom stereocenters. The van der Waals surface area contributed by atoms with Gasteiger partial charge in [0, 0.05) is 38.4 Å². The van der Waals surface area contributed by atoms with Crippen LogP contribution in [-0.4, -0.2) is 31.1 Å². The van der Waals surface area contributed by atoms with Crippen molar-refractivity contribution >= 4 is 5.69 Å². The Morgan fingerprint density at radius 3 is 2.41 bits per heavy atom. The zero-order chi connectivity index (χ0) is 15.4. The average Bonchev–Trinajstić information content (AvgIpc) is 2.74. The lowest BCUT2D eigenvalue weighted by molar-refractivity contribution is 0.285. The quantitative estimate of drug-likeness (QED) is 0.853. The highest BCUT2D eigenvalue weighted by Crippen LogP contribution is 2.18. The Bertz CT molecular complexity index is 613. The van der Waals surface area contributed by atoms with Gasteiger partial charge in [-0.05, 0) is 48.4 Å². The first-order valence-electron chi connectivity index (χ1n) is 7.68. The minimum atomic E-state index is -0.202. The van der Waals surface area contributed by atoms with Crippen molar-refractivity contribution in [3.05, 3.63) is 65.7 Å². The zero-order valence-corrected chi connectivity index (χ0v) is 12.5. The standard InChI is InChI=1S/C18H20F2N2/c19-16-5-7-18(8-6-16)22-10-2-9-21(11-12-22)14-15-3-1-4-17(20)13-15/h1,3-8,13H,2,9-12,14H2.